The number of pyridine rings is 1. The van der Waals surface area contributed by atoms with Crippen LogP contribution in [-0.4, -0.2) is 30.0 Å². The normalized spacial score (nSPS) is 16.2. The van der Waals surface area contributed by atoms with Gasteiger partial charge in [-0.05, 0) is 32.0 Å². The summed E-state index contributed by atoms with van der Waals surface area (Å²) >= 11 is 0. The summed E-state index contributed by atoms with van der Waals surface area (Å²) in [5.74, 6) is -0.167. The van der Waals surface area contributed by atoms with Crippen LogP contribution in [0.2, 0.25) is 0 Å². The number of fused-ring (bicyclic) bond motifs is 1. The standard InChI is InChI=1S/C15H17N3O2/c19-14-9-12(11-3-1-2-4-13(11)18-14)15(20)17-10-5-7-16-8-6-10/h1-4,9-10,16H,5-8H2,(H,17,20)(H,18,19). The highest BCUT2D eigenvalue weighted by Crippen LogP contribution is 2.15. The van der Waals surface area contributed by atoms with Gasteiger partial charge in [0.25, 0.3) is 5.91 Å². The molecule has 1 aromatic heterocycles. The Morgan fingerprint density at radius 2 is 1.95 bits per heavy atom. The average molecular weight is 271 g/mol. The fourth-order valence-electron chi connectivity index (χ4n) is 2.62. The first-order valence-electron chi connectivity index (χ1n) is 6.88. The van der Waals surface area contributed by atoms with Crippen LogP contribution in [0.4, 0.5) is 0 Å². The number of carbonyl (C=O) groups is 1. The number of para-hydroxylation sites is 1. The molecule has 20 heavy (non-hydrogen) atoms. The van der Waals surface area contributed by atoms with E-state index in [1.165, 1.54) is 6.07 Å². The van der Waals surface area contributed by atoms with E-state index in [9.17, 15) is 9.59 Å². The first-order valence-corrected chi connectivity index (χ1v) is 6.88. The molecule has 0 spiro atoms. The van der Waals surface area contributed by atoms with Crippen LogP contribution in [0.5, 0.6) is 0 Å². The summed E-state index contributed by atoms with van der Waals surface area (Å²) in [4.78, 5) is 26.8. The summed E-state index contributed by atoms with van der Waals surface area (Å²) in [6.07, 6.45) is 1.85. The SMILES string of the molecule is O=C(NC1CCNCC1)c1cc(=O)[nH]c2ccccc12. The Balaban J connectivity index is 1.92. The minimum atomic E-state index is -0.251. The van der Waals surface area contributed by atoms with Crippen LogP contribution in [0.1, 0.15) is 23.2 Å². The zero-order chi connectivity index (χ0) is 13.9. The highest BCUT2D eigenvalue weighted by atomic mass is 16.2. The molecular weight excluding hydrogens is 254 g/mol. The molecule has 2 aromatic rings. The number of aromatic amines is 1. The second-order valence-corrected chi connectivity index (χ2v) is 5.09. The van der Waals surface area contributed by atoms with E-state index in [0.717, 1.165) is 31.3 Å². The molecule has 0 atom stereocenters. The fraction of sp³-hybridized carbons (Fsp3) is 0.333. The van der Waals surface area contributed by atoms with Gasteiger partial charge in [0.15, 0.2) is 0 Å². The van der Waals surface area contributed by atoms with Crippen molar-refractivity contribution in [2.24, 2.45) is 0 Å². The van der Waals surface area contributed by atoms with Crippen molar-refractivity contribution in [3.63, 3.8) is 0 Å². The van der Waals surface area contributed by atoms with Gasteiger partial charge in [0.05, 0.1) is 5.56 Å². The summed E-state index contributed by atoms with van der Waals surface area (Å²) in [5.41, 5.74) is 0.887. The number of benzene rings is 1. The third kappa shape index (κ3) is 2.58. The fourth-order valence-corrected chi connectivity index (χ4v) is 2.62. The summed E-state index contributed by atoms with van der Waals surface area (Å²) in [6, 6.07) is 8.91. The van der Waals surface area contributed by atoms with E-state index in [1.807, 2.05) is 18.2 Å². The van der Waals surface area contributed by atoms with Crippen molar-refractivity contribution in [3.05, 3.63) is 46.2 Å². The number of nitrogens with one attached hydrogen (secondary N) is 3. The molecule has 2 heterocycles. The van der Waals surface area contributed by atoms with E-state index in [2.05, 4.69) is 15.6 Å². The second-order valence-electron chi connectivity index (χ2n) is 5.09. The maximum Gasteiger partial charge on any atom is 0.252 e. The van der Waals surface area contributed by atoms with Gasteiger partial charge in [-0.25, -0.2) is 0 Å². The van der Waals surface area contributed by atoms with Crippen molar-refractivity contribution in [2.75, 3.05) is 13.1 Å². The van der Waals surface area contributed by atoms with E-state index in [-0.39, 0.29) is 17.5 Å². The number of amides is 1. The molecule has 0 radical (unpaired) electrons. The Hall–Kier alpha value is -2.14. The maximum atomic E-state index is 12.4. The maximum absolute atomic E-state index is 12.4. The van der Waals surface area contributed by atoms with Gasteiger partial charge >= 0.3 is 0 Å². The van der Waals surface area contributed by atoms with E-state index < -0.39 is 0 Å². The first-order chi connectivity index (χ1) is 9.74. The summed E-state index contributed by atoms with van der Waals surface area (Å²) in [5, 5.41) is 7.06. The molecule has 0 bridgehead atoms. The molecule has 5 heteroatoms. The van der Waals surface area contributed by atoms with E-state index in [1.54, 1.807) is 6.07 Å². The van der Waals surface area contributed by atoms with Crippen molar-refractivity contribution >= 4 is 16.8 Å². The molecule has 1 fully saturated rings. The highest BCUT2D eigenvalue weighted by molar-refractivity contribution is 6.06. The van der Waals surface area contributed by atoms with Gasteiger partial charge in [-0.1, -0.05) is 18.2 Å². The molecule has 104 valence electrons. The Labute approximate surface area is 116 Å². The minimum absolute atomic E-state index is 0.167. The Bertz CT molecular complexity index is 687. The topological polar surface area (TPSA) is 74.0 Å². The van der Waals surface area contributed by atoms with Crippen LogP contribution in [0, 0.1) is 0 Å². The molecule has 0 saturated carbocycles. The van der Waals surface area contributed by atoms with Gasteiger partial charge in [0, 0.05) is 23.0 Å². The third-order valence-corrected chi connectivity index (χ3v) is 3.67. The lowest BCUT2D eigenvalue weighted by Gasteiger charge is -2.23. The monoisotopic (exact) mass is 271 g/mol. The van der Waals surface area contributed by atoms with Crippen molar-refractivity contribution in [2.45, 2.75) is 18.9 Å². The van der Waals surface area contributed by atoms with Crippen LogP contribution >= 0.6 is 0 Å². The number of hydrogen-bond donors (Lipinski definition) is 3. The predicted octanol–water partition coefficient (Wildman–Crippen LogP) is 1.01. The number of aromatic nitrogens is 1. The summed E-state index contributed by atoms with van der Waals surface area (Å²) < 4.78 is 0. The molecule has 1 aliphatic heterocycles. The van der Waals surface area contributed by atoms with Crippen LogP contribution < -0.4 is 16.2 Å². The number of piperidine rings is 1. The smallest absolute Gasteiger partial charge is 0.252 e. The van der Waals surface area contributed by atoms with Crippen LogP contribution in [0.3, 0.4) is 0 Å². The number of carbonyl (C=O) groups excluding carboxylic acids is 1. The van der Waals surface area contributed by atoms with E-state index >= 15 is 0 Å². The van der Waals surface area contributed by atoms with Crippen LogP contribution in [-0.2, 0) is 0 Å². The van der Waals surface area contributed by atoms with Crippen molar-refractivity contribution in [3.8, 4) is 0 Å². The van der Waals surface area contributed by atoms with E-state index in [0.29, 0.717) is 11.1 Å². The quantitative estimate of drug-likeness (QED) is 0.763. The molecule has 1 amide bonds. The van der Waals surface area contributed by atoms with Gasteiger partial charge in [-0.2, -0.15) is 0 Å². The Kier molecular flexibility index (Phi) is 3.52. The predicted molar refractivity (Wildman–Crippen MR) is 77.9 cm³/mol. The highest BCUT2D eigenvalue weighted by Gasteiger charge is 2.18. The lowest BCUT2D eigenvalue weighted by Crippen LogP contribution is -2.42. The van der Waals surface area contributed by atoms with Crippen LogP contribution in [0.15, 0.2) is 35.1 Å². The molecule has 5 nitrogen and oxygen atoms in total. The zero-order valence-corrected chi connectivity index (χ0v) is 11.1. The third-order valence-electron chi connectivity index (χ3n) is 3.67. The van der Waals surface area contributed by atoms with Gasteiger partial charge < -0.3 is 15.6 Å². The largest absolute Gasteiger partial charge is 0.349 e. The first kappa shape index (κ1) is 12.9. The van der Waals surface area contributed by atoms with Crippen molar-refractivity contribution in [1.82, 2.24) is 15.6 Å². The molecule has 0 aliphatic carbocycles. The number of rotatable bonds is 2. The van der Waals surface area contributed by atoms with Gasteiger partial charge in [0.2, 0.25) is 5.56 Å². The molecular formula is C15H17N3O2. The molecule has 3 N–H and O–H groups in total. The van der Waals surface area contributed by atoms with Gasteiger partial charge in [0.1, 0.15) is 0 Å². The molecule has 1 aromatic carbocycles. The van der Waals surface area contributed by atoms with Crippen molar-refractivity contribution in [1.29, 1.82) is 0 Å². The average Bonchev–Trinajstić information content (AvgIpc) is 2.47. The zero-order valence-electron chi connectivity index (χ0n) is 11.1. The lowest BCUT2D eigenvalue weighted by molar-refractivity contribution is 0.0931. The lowest BCUT2D eigenvalue weighted by atomic mass is 10.0. The Morgan fingerprint density at radius 1 is 1.20 bits per heavy atom. The van der Waals surface area contributed by atoms with Crippen molar-refractivity contribution < 1.29 is 4.79 Å². The molecule has 1 aliphatic rings. The minimum Gasteiger partial charge on any atom is -0.349 e. The number of hydrogen-bond acceptors (Lipinski definition) is 3. The molecule has 3 rings (SSSR count). The van der Waals surface area contributed by atoms with Gasteiger partial charge in [-0.3, -0.25) is 9.59 Å². The molecule has 0 unspecified atom stereocenters. The summed E-state index contributed by atoms with van der Waals surface area (Å²) in [6.45, 7) is 1.84. The number of H-pyrrole nitrogens is 1. The van der Waals surface area contributed by atoms with Crippen LogP contribution in [0.25, 0.3) is 10.9 Å². The van der Waals surface area contributed by atoms with E-state index in [4.69, 9.17) is 0 Å². The summed E-state index contributed by atoms with van der Waals surface area (Å²) in [7, 11) is 0. The Morgan fingerprint density at radius 3 is 2.75 bits per heavy atom. The van der Waals surface area contributed by atoms with Gasteiger partial charge in [-0.15, -0.1) is 0 Å². The molecule has 1 saturated heterocycles. The second kappa shape index (κ2) is 5.46.